The SMILES string of the molecule is Nc1ccccc1COCC(F)(F)C(F)F. The van der Waals surface area contributed by atoms with Gasteiger partial charge in [-0.15, -0.1) is 0 Å². The summed E-state index contributed by atoms with van der Waals surface area (Å²) in [6, 6.07) is 6.48. The molecule has 16 heavy (non-hydrogen) atoms. The van der Waals surface area contributed by atoms with E-state index in [4.69, 9.17) is 5.73 Å². The van der Waals surface area contributed by atoms with Crippen molar-refractivity contribution in [2.45, 2.75) is 19.0 Å². The third kappa shape index (κ3) is 3.37. The fourth-order valence-corrected chi connectivity index (χ4v) is 1.03. The first-order chi connectivity index (χ1) is 7.43. The molecule has 0 aliphatic rings. The number of nitrogen functional groups attached to an aromatic ring is 1. The number of rotatable bonds is 5. The van der Waals surface area contributed by atoms with Crippen LogP contribution in [0.1, 0.15) is 5.56 Å². The van der Waals surface area contributed by atoms with Crippen molar-refractivity contribution in [3.8, 4) is 0 Å². The lowest BCUT2D eigenvalue weighted by Crippen LogP contribution is -2.32. The molecular formula is C10H11F4NO. The van der Waals surface area contributed by atoms with E-state index < -0.39 is 19.0 Å². The van der Waals surface area contributed by atoms with E-state index in [0.717, 1.165) is 0 Å². The molecule has 2 N–H and O–H groups in total. The summed E-state index contributed by atoms with van der Waals surface area (Å²) in [5.74, 6) is -4.12. The summed E-state index contributed by atoms with van der Waals surface area (Å²) < 4.78 is 52.9. The minimum absolute atomic E-state index is 0.213. The van der Waals surface area contributed by atoms with Crippen molar-refractivity contribution < 1.29 is 22.3 Å². The first-order valence-electron chi connectivity index (χ1n) is 4.50. The van der Waals surface area contributed by atoms with Gasteiger partial charge in [-0.25, -0.2) is 8.78 Å². The van der Waals surface area contributed by atoms with Crippen LogP contribution in [-0.2, 0) is 11.3 Å². The first-order valence-corrected chi connectivity index (χ1v) is 4.50. The van der Waals surface area contributed by atoms with E-state index in [9.17, 15) is 17.6 Å². The van der Waals surface area contributed by atoms with Gasteiger partial charge in [0.25, 0.3) is 0 Å². The Kier molecular flexibility index (Phi) is 4.12. The van der Waals surface area contributed by atoms with Crippen LogP contribution in [0.5, 0.6) is 0 Å². The van der Waals surface area contributed by atoms with Gasteiger partial charge >= 0.3 is 12.3 Å². The number of alkyl halides is 4. The summed E-state index contributed by atoms with van der Waals surface area (Å²) in [5, 5.41) is 0. The molecule has 0 spiro atoms. The van der Waals surface area contributed by atoms with Gasteiger partial charge in [-0.2, -0.15) is 8.78 Å². The zero-order valence-electron chi connectivity index (χ0n) is 8.30. The van der Waals surface area contributed by atoms with Gasteiger partial charge in [0.05, 0.1) is 6.61 Å². The van der Waals surface area contributed by atoms with E-state index in [-0.39, 0.29) is 6.61 Å². The Bertz CT molecular complexity index is 343. The Morgan fingerprint density at radius 2 is 1.88 bits per heavy atom. The zero-order chi connectivity index (χ0) is 12.2. The largest absolute Gasteiger partial charge is 0.398 e. The maximum absolute atomic E-state index is 12.4. The molecule has 1 rings (SSSR count). The van der Waals surface area contributed by atoms with Gasteiger partial charge in [-0.05, 0) is 6.07 Å². The second kappa shape index (κ2) is 5.16. The molecule has 0 amide bonds. The molecule has 6 heteroatoms. The first kappa shape index (κ1) is 12.8. The normalized spacial score (nSPS) is 12.1. The number of anilines is 1. The summed E-state index contributed by atoms with van der Waals surface area (Å²) in [4.78, 5) is 0. The summed E-state index contributed by atoms with van der Waals surface area (Å²) in [7, 11) is 0. The third-order valence-corrected chi connectivity index (χ3v) is 1.93. The molecule has 90 valence electrons. The highest BCUT2D eigenvalue weighted by atomic mass is 19.3. The van der Waals surface area contributed by atoms with Gasteiger partial charge in [-0.1, -0.05) is 18.2 Å². The number of ether oxygens (including phenoxy) is 1. The van der Waals surface area contributed by atoms with Gasteiger partial charge in [0.1, 0.15) is 6.61 Å². The molecule has 0 saturated carbocycles. The lowest BCUT2D eigenvalue weighted by atomic mass is 10.2. The molecule has 0 atom stereocenters. The number of halogens is 4. The molecule has 0 saturated heterocycles. The van der Waals surface area contributed by atoms with Gasteiger partial charge in [0.2, 0.25) is 0 Å². The van der Waals surface area contributed by atoms with E-state index in [1.807, 2.05) is 0 Å². The van der Waals surface area contributed by atoms with Crippen molar-refractivity contribution in [3.63, 3.8) is 0 Å². The van der Waals surface area contributed by atoms with Crippen molar-refractivity contribution in [1.29, 1.82) is 0 Å². The molecule has 0 unspecified atom stereocenters. The maximum Gasteiger partial charge on any atom is 0.330 e. The fourth-order valence-electron chi connectivity index (χ4n) is 1.03. The highest BCUT2D eigenvalue weighted by Gasteiger charge is 2.40. The summed E-state index contributed by atoms with van der Waals surface area (Å²) in [6.45, 7) is -1.53. The van der Waals surface area contributed by atoms with Crippen LogP contribution in [0.2, 0.25) is 0 Å². The Balaban J connectivity index is 2.45. The Hall–Kier alpha value is -1.30. The minimum Gasteiger partial charge on any atom is -0.398 e. The summed E-state index contributed by atoms with van der Waals surface area (Å²) in [5.41, 5.74) is 6.39. The van der Waals surface area contributed by atoms with E-state index in [1.54, 1.807) is 24.3 Å². The number of hydrogen-bond acceptors (Lipinski definition) is 2. The highest BCUT2D eigenvalue weighted by Crippen LogP contribution is 2.23. The van der Waals surface area contributed by atoms with Crippen LogP contribution in [0.3, 0.4) is 0 Å². The molecule has 0 aliphatic carbocycles. The van der Waals surface area contributed by atoms with Gasteiger partial charge in [-0.3, -0.25) is 0 Å². The van der Waals surface area contributed by atoms with Crippen LogP contribution in [0.25, 0.3) is 0 Å². The second-order valence-corrected chi connectivity index (χ2v) is 3.25. The van der Waals surface area contributed by atoms with E-state index >= 15 is 0 Å². The van der Waals surface area contributed by atoms with Crippen molar-refractivity contribution >= 4 is 5.69 Å². The molecule has 1 aromatic carbocycles. The number of benzene rings is 1. The van der Waals surface area contributed by atoms with E-state index in [1.165, 1.54) is 0 Å². The molecule has 0 heterocycles. The quantitative estimate of drug-likeness (QED) is 0.631. The van der Waals surface area contributed by atoms with Crippen LogP contribution in [0.15, 0.2) is 24.3 Å². The maximum atomic E-state index is 12.4. The van der Waals surface area contributed by atoms with Crippen LogP contribution < -0.4 is 5.73 Å². The summed E-state index contributed by atoms with van der Waals surface area (Å²) in [6.07, 6.45) is -3.72. The van der Waals surface area contributed by atoms with Gasteiger partial charge in [0.15, 0.2) is 0 Å². The standard InChI is InChI=1S/C10H11F4NO/c11-9(12)10(13,14)6-16-5-7-3-1-2-4-8(7)15/h1-4,9H,5-6,15H2. The van der Waals surface area contributed by atoms with Crippen molar-refractivity contribution in [1.82, 2.24) is 0 Å². The average Bonchev–Trinajstić information content (AvgIpc) is 2.20. The fraction of sp³-hybridized carbons (Fsp3) is 0.400. The van der Waals surface area contributed by atoms with E-state index in [2.05, 4.69) is 4.74 Å². The van der Waals surface area contributed by atoms with Gasteiger partial charge < -0.3 is 10.5 Å². The monoisotopic (exact) mass is 237 g/mol. The second-order valence-electron chi connectivity index (χ2n) is 3.25. The summed E-state index contributed by atoms with van der Waals surface area (Å²) >= 11 is 0. The van der Waals surface area contributed by atoms with Crippen LogP contribution >= 0.6 is 0 Å². The van der Waals surface area contributed by atoms with Gasteiger partial charge in [0, 0.05) is 11.3 Å². The van der Waals surface area contributed by atoms with Crippen molar-refractivity contribution in [3.05, 3.63) is 29.8 Å². The molecule has 0 fully saturated rings. The number of para-hydroxylation sites is 1. The molecule has 0 aromatic heterocycles. The molecule has 2 nitrogen and oxygen atoms in total. The minimum atomic E-state index is -4.12. The van der Waals surface area contributed by atoms with Crippen molar-refractivity contribution in [2.24, 2.45) is 0 Å². The Morgan fingerprint density at radius 3 is 2.44 bits per heavy atom. The number of nitrogens with two attached hydrogens (primary N) is 1. The number of hydrogen-bond donors (Lipinski definition) is 1. The highest BCUT2D eigenvalue weighted by molar-refractivity contribution is 5.45. The molecule has 1 aromatic rings. The molecule has 0 radical (unpaired) electrons. The predicted molar refractivity (Wildman–Crippen MR) is 51.5 cm³/mol. The average molecular weight is 237 g/mol. The van der Waals surface area contributed by atoms with Crippen LogP contribution in [0, 0.1) is 0 Å². The zero-order valence-corrected chi connectivity index (χ0v) is 8.30. The Morgan fingerprint density at radius 1 is 1.25 bits per heavy atom. The van der Waals surface area contributed by atoms with Crippen LogP contribution in [0.4, 0.5) is 23.2 Å². The van der Waals surface area contributed by atoms with Crippen LogP contribution in [-0.4, -0.2) is 19.0 Å². The third-order valence-electron chi connectivity index (χ3n) is 1.93. The topological polar surface area (TPSA) is 35.2 Å². The lowest BCUT2D eigenvalue weighted by molar-refractivity contribution is -0.168. The predicted octanol–water partition coefficient (Wildman–Crippen LogP) is 2.69. The molecule has 0 bridgehead atoms. The lowest BCUT2D eigenvalue weighted by Gasteiger charge is -2.15. The smallest absolute Gasteiger partial charge is 0.330 e. The molecular weight excluding hydrogens is 226 g/mol. The Labute approximate surface area is 90.0 Å². The molecule has 0 aliphatic heterocycles. The van der Waals surface area contributed by atoms with E-state index in [0.29, 0.717) is 11.3 Å². The van der Waals surface area contributed by atoms with Crippen molar-refractivity contribution in [2.75, 3.05) is 12.3 Å².